The third-order valence-corrected chi connectivity index (χ3v) is 3.98. The van der Waals surface area contributed by atoms with Gasteiger partial charge in [0.2, 0.25) is 0 Å². The molecular formula is C15H10BrN5. The van der Waals surface area contributed by atoms with Crippen LogP contribution in [0.25, 0.3) is 27.7 Å². The monoisotopic (exact) mass is 339 g/mol. The van der Waals surface area contributed by atoms with Crippen molar-refractivity contribution in [2.75, 3.05) is 5.73 Å². The zero-order chi connectivity index (χ0) is 14.4. The Morgan fingerprint density at radius 3 is 2.86 bits per heavy atom. The van der Waals surface area contributed by atoms with Gasteiger partial charge in [-0.25, -0.2) is 15.0 Å². The van der Waals surface area contributed by atoms with E-state index in [0.29, 0.717) is 5.82 Å². The van der Waals surface area contributed by atoms with Crippen LogP contribution < -0.4 is 5.73 Å². The van der Waals surface area contributed by atoms with E-state index >= 15 is 0 Å². The number of nitrogen functional groups attached to an aromatic ring is 1. The van der Waals surface area contributed by atoms with Gasteiger partial charge in [-0.2, -0.15) is 0 Å². The highest BCUT2D eigenvalue weighted by Gasteiger charge is 2.09. The largest absolute Gasteiger partial charge is 0.383 e. The molecule has 5 nitrogen and oxygen atoms in total. The zero-order valence-electron chi connectivity index (χ0n) is 10.9. The molecule has 0 spiro atoms. The summed E-state index contributed by atoms with van der Waals surface area (Å²) in [5, 5.41) is 2.00. The van der Waals surface area contributed by atoms with Crippen molar-refractivity contribution in [1.29, 1.82) is 0 Å². The molecule has 0 fully saturated rings. The quantitative estimate of drug-likeness (QED) is 0.577. The average Bonchev–Trinajstić information content (AvgIpc) is 2.93. The van der Waals surface area contributed by atoms with Crippen molar-refractivity contribution in [1.82, 2.24) is 19.4 Å². The molecule has 0 amide bonds. The molecular weight excluding hydrogens is 330 g/mol. The molecule has 6 heteroatoms. The summed E-state index contributed by atoms with van der Waals surface area (Å²) in [6, 6.07) is 8.02. The molecule has 4 aromatic rings. The Kier molecular flexibility index (Phi) is 2.65. The van der Waals surface area contributed by atoms with Crippen LogP contribution >= 0.6 is 15.9 Å². The summed E-state index contributed by atoms with van der Waals surface area (Å²) in [5.74, 6) is 0.529. The Balaban J connectivity index is 1.95. The Morgan fingerprint density at radius 2 is 2.00 bits per heavy atom. The van der Waals surface area contributed by atoms with Gasteiger partial charge in [0.15, 0.2) is 5.65 Å². The van der Waals surface area contributed by atoms with Gasteiger partial charge in [-0.05, 0) is 33.4 Å². The van der Waals surface area contributed by atoms with Crippen LogP contribution in [0, 0.1) is 0 Å². The van der Waals surface area contributed by atoms with E-state index in [4.69, 9.17) is 5.73 Å². The number of hydrogen-bond donors (Lipinski definition) is 1. The first-order valence-corrected chi connectivity index (χ1v) is 7.15. The van der Waals surface area contributed by atoms with Crippen molar-refractivity contribution in [2.45, 2.75) is 0 Å². The van der Waals surface area contributed by atoms with Crippen LogP contribution in [0.2, 0.25) is 0 Å². The van der Waals surface area contributed by atoms with E-state index in [0.717, 1.165) is 32.3 Å². The minimum atomic E-state index is 0.529. The molecule has 0 aliphatic rings. The molecule has 0 saturated carbocycles. The highest BCUT2D eigenvalue weighted by atomic mass is 79.9. The summed E-state index contributed by atoms with van der Waals surface area (Å²) in [4.78, 5) is 12.9. The summed E-state index contributed by atoms with van der Waals surface area (Å²) in [5.41, 5.74) is 8.60. The topological polar surface area (TPSA) is 69.1 Å². The van der Waals surface area contributed by atoms with Gasteiger partial charge >= 0.3 is 0 Å². The standard InChI is InChI=1S/C15H10BrN5/c16-13-15-20-12(8-21(15)6-5-18-13)10-2-1-9-3-4-19-14(17)11(9)7-10/h1-8H,(H2,17,19). The summed E-state index contributed by atoms with van der Waals surface area (Å²) >= 11 is 3.41. The molecule has 0 aliphatic heterocycles. The van der Waals surface area contributed by atoms with Crippen LogP contribution in [0.5, 0.6) is 0 Å². The number of nitrogens with zero attached hydrogens (tertiary/aromatic N) is 4. The van der Waals surface area contributed by atoms with Crippen LogP contribution in [-0.2, 0) is 0 Å². The van der Waals surface area contributed by atoms with Gasteiger partial charge in [0, 0.05) is 35.7 Å². The first-order chi connectivity index (χ1) is 10.2. The number of anilines is 1. The Morgan fingerprint density at radius 1 is 1.10 bits per heavy atom. The van der Waals surface area contributed by atoms with E-state index in [-0.39, 0.29) is 0 Å². The van der Waals surface area contributed by atoms with Crippen LogP contribution in [0.4, 0.5) is 5.82 Å². The zero-order valence-corrected chi connectivity index (χ0v) is 12.4. The molecule has 0 radical (unpaired) electrons. The number of hydrogen-bond acceptors (Lipinski definition) is 4. The van der Waals surface area contributed by atoms with Gasteiger partial charge in [-0.3, -0.25) is 0 Å². The van der Waals surface area contributed by atoms with Gasteiger partial charge < -0.3 is 10.1 Å². The van der Waals surface area contributed by atoms with Crippen molar-refractivity contribution in [3.63, 3.8) is 0 Å². The smallest absolute Gasteiger partial charge is 0.170 e. The van der Waals surface area contributed by atoms with Crippen molar-refractivity contribution < 1.29 is 0 Å². The van der Waals surface area contributed by atoms with E-state index < -0.39 is 0 Å². The summed E-state index contributed by atoms with van der Waals surface area (Å²) < 4.78 is 2.65. The number of fused-ring (bicyclic) bond motifs is 2. The van der Waals surface area contributed by atoms with E-state index in [1.54, 1.807) is 12.4 Å². The number of pyridine rings is 1. The third-order valence-electron chi connectivity index (χ3n) is 3.42. The predicted molar refractivity (Wildman–Crippen MR) is 85.8 cm³/mol. The van der Waals surface area contributed by atoms with Gasteiger partial charge in [-0.15, -0.1) is 0 Å². The molecule has 3 heterocycles. The van der Waals surface area contributed by atoms with E-state index in [1.807, 2.05) is 41.1 Å². The highest BCUT2D eigenvalue weighted by Crippen LogP contribution is 2.27. The first-order valence-electron chi connectivity index (χ1n) is 6.36. The molecule has 3 aromatic heterocycles. The van der Waals surface area contributed by atoms with Gasteiger partial charge in [-0.1, -0.05) is 12.1 Å². The maximum atomic E-state index is 5.95. The third kappa shape index (κ3) is 1.95. The second kappa shape index (κ2) is 4.53. The lowest BCUT2D eigenvalue weighted by Gasteiger charge is -2.03. The van der Waals surface area contributed by atoms with Gasteiger partial charge in [0.1, 0.15) is 10.4 Å². The number of benzene rings is 1. The summed E-state index contributed by atoms with van der Waals surface area (Å²) in [6.07, 6.45) is 7.28. The SMILES string of the molecule is Nc1nccc2ccc(-c3cn4ccnc(Br)c4n3)cc12. The lowest BCUT2D eigenvalue weighted by molar-refractivity contribution is 1.11. The van der Waals surface area contributed by atoms with Crippen molar-refractivity contribution in [3.8, 4) is 11.3 Å². The molecule has 0 bridgehead atoms. The van der Waals surface area contributed by atoms with Crippen LogP contribution in [0.3, 0.4) is 0 Å². The molecule has 21 heavy (non-hydrogen) atoms. The molecule has 0 atom stereocenters. The Hall–Kier alpha value is -2.47. The van der Waals surface area contributed by atoms with Crippen LogP contribution in [0.1, 0.15) is 0 Å². The molecule has 0 saturated heterocycles. The molecule has 1 aromatic carbocycles. The minimum Gasteiger partial charge on any atom is -0.383 e. The Labute approximate surface area is 128 Å². The number of imidazole rings is 1. The molecule has 0 aliphatic carbocycles. The number of halogens is 1. The Bertz CT molecular complexity index is 976. The highest BCUT2D eigenvalue weighted by molar-refractivity contribution is 9.10. The molecule has 2 N–H and O–H groups in total. The van der Waals surface area contributed by atoms with E-state index in [1.165, 1.54) is 0 Å². The first kappa shape index (κ1) is 12.3. The van der Waals surface area contributed by atoms with Crippen LogP contribution in [0.15, 0.2) is 53.7 Å². The second-order valence-electron chi connectivity index (χ2n) is 4.71. The average molecular weight is 340 g/mol. The molecule has 102 valence electrons. The predicted octanol–water partition coefficient (Wildman–Crippen LogP) is 3.29. The van der Waals surface area contributed by atoms with Crippen molar-refractivity contribution in [3.05, 3.63) is 53.7 Å². The van der Waals surface area contributed by atoms with Crippen molar-refractivity contribution >= 4 is 38.2 Å². The fourth-order valence-electron chi connectivity index (χ4n) is 2.38. The van der Waals surface area contributed by atoms with E-state index in [9.17, 15) is 0 Å². The van der Waals surface area contributed by atoms with Gasteiger partial charge in [0.25, 0.3) is 0 Å². The number of aromatic nitrogens is 4. The normalized spacial score (nSPS) is 11.3. The number of rotatable bonds is 1. The van der Waals surface area contributed by atoms with Crippen molar-refractivity contribution in [2.24, 2.45) is 0 Å². The van der Waals surface area contributed by atoms with Gasteiger partial charge in [0.05, 0.1) is 5.69 Å². The van der Waals surface area contributed by atoms with E-state index in [2.05, 4.69) is 30.9 Å². The van der Waals surface area contributed by atoms with Crippen LogP contribution in [-0.4, -0.2) is 19.4 Å². The molecule has 4 rings (SSSR count). The summed E-state index contributed by atoms with van der Waals surface area (Å²) in [6.45, 7) is 0. The fourth-order valence-corrected chi connectivity index (χ4v) is 2.79. The maximum absolute atomic E-state index is 5.95. The molecule has 0 unspecified atom stereocenters. The lowest BCUT2D eigenvalue weighted by Crippen LogP contribution is -1.91. The minimum absolute atomic E-state index is 0.529. The summed E-state index contributed by atoms with van der Waals surface area (Å²) in [7, 11) is 0. The number of nitrogens with two attached hydrogens (primary N) is 1. The maximum Gasteiger partial charge on any atom is 0.170 e. The fraction of sp³-hybridized carbons (Fsp3) is 0. The second-order valence-corrected chi connectivity index (χ2v) is 5.46. The lowest BCUT2D eigenvalue weighted by atomic mass is 10.1.